The maximum absolute atomic E-state index is 12.3. The van der Waals surface area contributed by atoms with Crippen molar-refractivity contribution in [2.45, 2.75) is 19.4 Å². The van der Waals surface area contributed by atoms with Crippen LogP contribution in [0, 0.1) is 0 Å². The predicted molar refractivity (Wildman–Crippen MR) is 76.4 cm³/mol. The van der Waals surface area contributed by atoms with Gasteiger partial charge in [-0.2, -0.15) is 0 Å². The molecule has 0 aliphatic carbocycles. The summed E-state index contributed by atoms with van der Waals surface area (Å²) in [5.41, 5.74) is 2.55. The van der Waals surface area contributed by atoms with Gasteiger partial charge < -0.3 is 15.1 Å². The third kappa shape index (κ3) is 2.32. The Morgan fingerprint density at radius 1 is 1.37 bits per heavy atom. The van der Waals surface area contributed by atoms with Crippen LogP contribution in [-0.2, 0) is 11.2 Å². The molecular weight excluding hydrogens is 238 g/mol. The van der Waals surface area contributed by atoms with Gasteiger partial charge in [0.1, 0.15) is 0 Å². The van der Waals surface area contributed by atoms with Gasteiger partial charge in [0.15, 0.2) is 0 Å². The van der Waals surface area contributed by atoms with Gasteiger partial charge in [-0.25, -0.2) is 0 Å². The zero-order valence-electron chi connectivity index (χ0n) is 11.4. The number of fused-ring (bicyclic) bond motifs is 1. The molecule has 4 nitrogen and oxygen atoms in total. The lowest BCUT2D eigenvalue weighted by Gasteiger charge is -2.45. The second kappa shape index (κ2) is 5.21. The molecule has 1 unspecified atom stereocenters. The maximum atomic E-state index is 12.3. The number of rotatable bonds is 2. The van der Waals surface area contributed by atoms with Crippen molar-refractivity contribution < 1.29 is 4.79 Å². The lowest BCUT2D eigenvalue weighted by molar-refractivity contribution is -0.134. The largest absolute Gasteiger partial charge is 0.360 e. The number of piperazine rings is 2. The number of benzene rings is 1. The standard InChI is InChI=1S/C15H21N3O/c1-2-12-5-3-4-6-14(12)17-10-13-9-16-7-8-18(13)15(19)11-17/h3-6,13,16H,2,7-11H2,1H3. The average molecular weight is 259 g/mol. The first-order valence-corrected chi connectivity index (χ1v) is 7.12. The average Bonchev–Trinajstić information content (AvgIpc) is 2.47. The van der Waals surface area contributed by atoms with Gasteiger partial charge in [-0.15, -0.1) is 0 Å². The first-order chi connectivity index (χ1) is 9.29. The summed E-state index contributed by atoms with van der Waals surface area (Å²) in [6.07, 6.45) is 1.01. The molecule has 3 rings (SSSR count). The van der Waals surface area contributed by atoms with Crippen molar-refractivity contribution in [2.75, 3.05) is 37.6 Å². The molecule has 0 spiro atoms. The van der Waals surface area contributed by atoms with Gasteiger partial charge in [0.05, 0.1) is 12.6 Å². The Morgan fingerprint density at radius 2 is 2.21 bits per heavy atom. The molecule has 1 aromatic rings. The molecular formula is C15H21N3O. The minimum atomic E-state index is 0.267. The highest BCUT2D eigenvalue weighted by Crippen LogP contribution is 2.24. The summed E-state index contributed by atoms with van der Waals surface area (Å²) < 4.78 is 0. The Balaban J connectivity index is 1.84. The predicted octanol–water partition coefficient (Wildman–Crippen LogP) is 0.869. The fourth-order valence-electron chi connectivity index (χ4n) is 3.13. The Hall–Kier alpha value is -1.55. The number of nitrogens with one attached hydrogen (secondary N) is 1. The van der Waals surface area contributed by atoms with Gasteiger partial charge >= 0.3 is 0 Å². The maximum Gasteiger partial charge on any atom is 0.242 e. The van der Waals surface area contributed by atoms with Crippen LogP contribution in [0.15, 0.2) is 24.3 Å². The Kier molecular flexibility index (Phi) is 3.42. The zero-order valence-corrected chi connectivity index (χ0v) is 11.4. The van der Waals surface area contributed by atoms with E-state index in [-0.39, 0.29) is 5.91 Å². The molecule has 1 aromatic carbocycles. The number of carbonyl (C=O) groups is 1. The van der Waals surface area contributed by atoms with E-state index >= 15 is 0 Å². The second-order valence-corrected chi connectivity index (χ2v) is 5.31. The summed E-state index contributed by atoms with van der Waals surface area (Å²) in [4.78, 5) is 16.6. The normalized spacial score (nSPS) is 23.4. The molecule has 19 heavy (non-hydrogen) atoms. The molecule has 0 radical (unpaired) electrons. The van der Waals surface area contributed by atoms with Crippen molar-refractivity contribution in [3.8, 4) is 0 Å². The molecule has 2 heterocycles. The van der Waals surface area contributed by atoms with E-state index in [9.17, 15) is 4.79 Å². The summed E-state index contributed by atoms with van der Waals surface area (Å²) >= 11 is 0. The summed E-state index contributed by atoms with van der Waals surface area (Å²) in [6, 6.07) is 8.75. The summed E-state index contributed by atoms with van der Waals surface area (Å²) in [5, 5.41) is 3.38. The van der Waals surface area contributed by atoms with Crippen LogP contribution in [0.5, 0.6) is 0 Å². The number of para-hydroxylation sites is 1. The fourth-order valence-corrected chi connectivity index (χ4v) is 3.13. The van der Waals surface area contributed by atoms with E-state index in [2.05, 4.69) is 41.4 Å². The lowest BCUT2D eigenvalue weighted by atomic mass is 10.0. The van der Waals surface area contributed by atoms with Gasteiger partial charge in [0, 0.05) is 31.9 Å². The molecule has 102 valence electrons. The van der Waals surface area contributed by atoms with Crippen molar-refractivity contribution in [1.29, 1.82) is 0 Å². The summed E-state index contributed by atoms with van der Waals surface area (Å²) in [5.74, 6) is 0.267. The van der Waals surface area contributed by atoms with Crippen LogP contribution in [0.4, 0.5) is 5.69 Å². The number of amides is 1. The van der Waals surface area contributed by atoms with Crippen molar-refractivity contribution >= 4 is 11.6 Å². The van der Waals surface area contributed by atoms with Crippen LogP contribution < -0.4 is 10.2 Å². The molecule has 2 aliphatic heterocycles. The first kappa shape index (κ1) is 12.5. The number of hydrogen-bond acceptors (Lipinski definition) is 3. The molecule has 4 heteroatoms. The second-order valence-electron chi connectivity index (χ2n) is 5.31. The summed E-state index contributed by atoms with van der Waals surface area (Å²) in [6.45, 7) is 6.32. The lowest BCUT2D eigenvalue weighted by Crippen LogP contribution is -2.63. The minimum Gasteiger partial charge on any atom is -0.360 e. The van der Waals surface area contributed by atoms with Gasteiger partial charge in [0.25, 0.3) is 0 Å². The molecule has 0 aromatic heterocycles. The van der Waals surface area contributed by atoms with Crippen LogP contribution in [0.3, 0.4) is 0 Å². The van der Waals surface area contributed by atoms with Crippen LogP contribution in [-0.4, -0.2) is 49.6 Å². The molecule has 1 atom stereocenters. The molecule has 2 aliphatic rings. The van der Waals surface area contributed by atoms with Crippen molar-refractivity contribution in [3.05, 3.63) is 29.8 Å². The SMILES string of the molecule is CCc1ccccc1N1CC(=O)N2CCNCC2C1. The smallest absolute Gasteiger partial charge is 0.242 e. The minimum absolute atomic E-state index is 0.267. The van der Waals surface area contributed by atoms with Gasteiger partial charge in [-0.3, -0.25) is 4.79 Å². The number of carbonyl (C=O) groups excluding carboxylic acids is 1. The van der Waals surface area contributed by atoms with E-state index in [4.69, 9.17) is 0 Å². The zero-order chi connectivity index (χ0) is 13.2. The van der Waals surface area contributed by atoms with E-state index in [1.54, 1.807) is 0 Å². The third-order valence-corrected chi connectivity index (χ3v) is 4.14. The quantitative estimate of drug-likeness (QED) is 0.856. The molecule has 2 saturated heterocycles. The van der Waals surface area contributed by atoms with Crippen LogP contribution >= 0.6 is 0 Å². The third-order valence-electron chi connectivity index (χ3n) is 4.14. The van der Waals surface area contributed by atoms with E-state index in [0.717, 1.165) is 32.6 Å². The topological polar surface area (TPSA) is 35.6 Å². The Morgan fingerprint density at radius 3 is 3.05 bits per heavy atom. The molecule has 0 bridgehead atoms. The van der Waals surface area contributed by atoms with Gasteiger partial charge in [-0.05, 0) is 18.1 Å². The van der Waals surface area contributed by atoms with Crippen LogP contribution in [0.1, 0.15) is 12.5 Å². The number of hydrogen-bond donors (Lipinski definition) is 1. The molecule has 1 amide bonds. The first-order valence-electron chi connectivity index (χ1n) is 7.12. The molecule has 1 N–H and O–H groups in total. The number of aryl methyl sites for hydroxylation is 1. The van der Waals surface area contributed by atoms with Crippen LogP contribution in [0.25, 0.3) is 0 Å². The monoisotopic (exact) mass is 259 g/mol. The number of anilines is 1. The van der Waals surface area contributed by atoms with Crippen LogP contribution in [0.2, 0.25) is 0 Å². The van der Waals surface area contributed by atoms with Gasteiger partial charge in [0.2, 0.25) is 5.91 Å². The molecule has 2 fully saturated rings. The highest BCUT2D eigenvalue weighted by Gasteiger charge is 2.34. The van der Waals surface area contributed by atoms with E-state index in [1.807, 2.05) is 4.90 Å². The van der Waals surface area contributed by atoms with Crippen molar-refractivity contribution in [3.63, 3.8) is 0 Å². The highest BCUT2D eigenvalue weighted by molar-refractivity contribution is 5.83. The van der Waals surface area contributed by atoms with Crippen molar-refractivity contribution in [1.82, 2.24) is 10.2 Å². The van der Waals surface area contributed by atoms with Crippen molar-refractivity contribution in [2.24, 2.45) is 0 Å². The van der Waals surface area contributed by atoms with E-state index < -0.39 is 0 Å². The Bertz CT molecular complexity index is 474. The molecule has 0 saturated carbocycles. The highest BCUT2D eigenvalue weighted by atomic mass is 16.2. The van der Waals surface area contributed by atoms with E-state index in [0.29, 0.717) is 12.6 Å². The fraction of sp³-hybridized carbons (Fsp3) is 0.533. The van der Waals surface area contributed by atoms with Gasteiger partial charge in [-0.1, -0.05) is 25.1 Å². The Labute approximate surface area is 114 Å². The van der Waals surface area contributed by atoms with E-state index in [1.165, 1.54) is 11.3 Å². The summed E-state index contributed by atoms with van der Waals surface area (Å²) in [7, 11) is 0. The number of nitrogens with zero attached hydrogens (tertiary/aromatic N) is 2.